The minimum atomic E-state index is -0.302. The Bertz CT molecular complexity index is 1300. The molecule has 4 aromatic rings. The summed E-state index contributed by atoms with van der Waals surface area (Å²) in [4.78, 5) is 2.37. The Kier molecular flexibility index (Phi) is 11.5. The van der Waals surface area contributed by atoms with E-state index in [4.69, 9.17) is 18.9 Å². The number of likely N-dealkylation sites (tertiary alicyclic amines) is 1. The highest BCUT2D eigenvalue weighted by molar-refractivity contribution is 5.16. The molecule has 0 spiro atoms. The molecule has 1 aliphatic heterocycles. The standard InChI is InChI=1S/C37H41NO4/c1-2-23-38-24-35(40-26-31-17-9-4-10-18-31)37(42-28-33-21-13-6-14-22-33)36(41-27-32-19-11-5-12-20-32)34(38)29-39-25-30-15-7-3-8-16-30/h2-22,34-37H,1,23-29H2/t34-,35+,36-,37-/m1/s1. The van der Waals surface area contributed by atoms with Gasteiger partial charge in [-0.2, -0.15) is 0 Å². The Morgan fingerprint density at radius 3 is 1.48 bits per heavy atom. The lowest BCUT2D eigenvalue weighted by Gasteiger charge is -2.48. The van der Waals surface area contributed by atoms with Gasteiger partial charge in [-0.15, -0.1) is 6.58 Å². The Labute approximate surface area is 250 Å². The van der Waals surface area contributed by atoms with Crippen LogP contribution in [0.15, 0.2) is 134 Å². The maximum Gasteiger partial charge on any atom is 0.113 e. The molecule has 0 unspecified atom stereocenters. The quantitative estimate of drug-likeness (QED) is 0.148. The van der Waals surface area contributed by atoms with Crippen molar-refractivity contribution in [2.45, 2.75) is 50.8 Å². The first-order chi connectivity index (χ1) is 20.8. The van der Waals surface area contributed by atoms with Crippen molar-refractivity contribution in [2.24, 2.45) is 0 Å². The van der Waals surface area contributed by atoms with Gasteiger partial charge in [0.05, 0.1) is 45.2 Å². The second-order valence-electron chi connectivity index (χ2n) is 10.7. The van der Waals surface area contributed by atoms with Gasteiger partial charge in [0.1, 0.15) is 12.2 Å². The van der Waals surface area contributed by atoms with E-state index in [2.05, 4.69) is 60.0 Å². The first-order valence-electron chi connectivity index (χ1n) is 14.7. The monoisotopic (exact) mass is 563 g/mol. The Hall–Kier alpha value is -3.58. The molecule has 0 saturated carbocycles. The van der Waals surface area contributed by atoms with E-state index in [1.165, 1.54) is 0 Å². The summed E-state index contributed by atoms with van der Waals surface area (Å²) in [5.74, 6) is 0. The Morgan fingerprint density at radius 2 is 1.00 bits per heavy atom. The molecule has 218 valence electrons. The first-order valence-corrected chi connectivity index (χ1v) is 14.7. The largest absolute Gasteiger partial charge is 0.375 e. The van der Waals surface area contributed by atoms with Crippen molar-refractivity contribution >= 4 is 0 Å². The lowest BCUT2D eigenvalue weighted by Crippen LogP contribution is -2.64. The van der Waals surface area contributed by atoms with Crippen LogP contribution in [-0.2, 0) is 45.4 Å². The number of nitrogens with zero attached hydrogens (tertiary/aromatic N) is 1. The topological polar surface area (TPSA) is 40.2 Å². The minimum absolute atomic E-state index is 0.0484. The molecule has 4 aromatic carbocycles. The fraction of sp³-hybridized carbons (Fsp3) is 0.297. The fourth-order valence-corrected chi connectivity index (χ4v) is 5.42. The van der Waals surface area contributed by atoms with Crippen molar-refractivity contribution in [1.82, 2.24) is 4.90 Å². The zero-order chi connectivity index (χ0) is 28.8. The van der Waals surface area contributed by atoms with Crippen molar-refractivity contribution in [3.8, 4) is 0 Å². The summed E-state index contributed by atoms with van der Waals surface area (Å²) < 4.78 is 26.5. The van der Waals surface area contributed by atoms with Gasteiger partial charge in [-0.3, -0.25) is 4.90 Å². The number of hydrogen-bond donors (Lipinski definition) is 0. The molecule has 1 aliphatic rings. The minimum Gasteiger partial charge on any atom is -0.375 e. The van der Waals surface area contributed by atoms with Crippen molar-refractivity contribution in [3.63, 3.8) is 0 Å². The average Bonchev–Trinajstić information content (AvgIpc) is 3.05. The van der Waals surface area contributed by atoms with Crippen molar-refractivity contribution < 1.29 is 18.9 Å². The zero-order valence-electron chi connectivity index (χ0n) is 24.2. The molecule has 0 bridgehead atoms. The molecule has 42 heavy (non-hydrogen) atoms. The average molecular weight is 564 g/mol. The van der Waals surface area contributed by atoms with Crippen molar-refractivity contribution in [1.29, 1.82) is 0 Å². The lowest BCUT2D eigenvalue weighted by molar-refractivity contribution is -0.209. The molecule has 1 saturated heterocycles. The third-order valence-electron chi connectivity index (χ3n) is 7.59. The fourth-order valence-electron chi connectivity index (χ4n) is 5.42. The summed E-state index contributed by atoms with van der Waals surface area (Å²) in [7, 11) is 0. The van der Waals surface area contributed by atoms with Crippen LogP contribution in [0.1, 0.15) is 22.3 Å². The molecule has 1 heterocycles. The molecule has 4 atom stereocenters. The molecule has 0 N–H and O–H groups in total. The number of ether oxygens (including phenoxy) is 4. The summed E-state index contributed by atoms with van der Waals surface area (Å²) in [5.41, 5.74) is 4.51. The van der Waals surface area contributed by atoms with E-state index < -0.39 is 0 Å². The Morgan fingerprint density at radius 1 is 0.571 bits per heavy atom. The number of piperidine rings is 1. The molecule has 0 radical (unpaired) electrons. The summed E-state index contributed by atoms with van der Waals surface area (Å²) in [6.45, 7) is 7.91. The van der Waals surface area contributed by atoms with E-state index in [9.17, 15) is 0 Å². The SMILES string of the molecule is C=CCN1C[C@H](OCc2ccccc2)[C@@H](OCc2ccccc2)[C@H](OCc2ccccc2)[C@H]1COCc1ccccc1. The summed E-state index contributed by atoms with van der Waals surface area (Å²) in [5, 5.41) is 0. The van der Waals surface area contributed by atoms with Gasteiger partial charge in [-0.05, 0) is 22.3 Å². The maximum atomic E-state index is 6.78. The van der Waals surface area contributed by atoms with Crippen LogP contribution >= 0.6 is 0 Å². The number of hydrogen-bond acceptors (Lipinski definition) is 5. The summed E-state index contributed by atoms with van der Waals surface area (Å²) in [6.07, 6.45) is 1.14. The van der Waals surface area contributed by atoms with Crippen LogP contribution in [0.5, 0.6) is 0 Å². The van der Waals surface area contributed by atoms with E-state index in [0.29, 0.717) is 46.1 Å². The second kappa shape index (κ2) is 16.2. The highest BCUT2D eigenvalue weighted by Crippen LogP contribution is 2.29. The predicted octanol–water partition coefficient (Wildman–Crippen LogP) is 6.83. The van der Waals surface area contributed by atoms with Gasteiger partial charge < -0.3 is 18.9 Å². The molecule has 5 rings (SSSR count). The van der Waals surface area contributed by atoms with E-state index >= 15 is 0 Å². The van der Waals surface area contributed by atoms with Gasteiger partial charge >= 0.3 is 0 Å². The molecule has 0 aliphatic carbocycles. The highest BCUT2D eigenvalue weighted by atomic mass is 16.6. The van der Waals surface area contributed by atoms with Crippen LogP contribution in [0, 0.1) is 0 Å². The smallest absolute Gasteiger partial charge is 0.113 e. The van der Waals surface area contributed by atoms with E-state index in [0.717, 1.165) is 22.3 Å². The molecule has 0 aromatic heterocycles. The molecular weight excluding hydrogens is 522 g/mol. The van der Waals surface area contributed by atoms with Gasteiger partial charge in [0, 0.05) is 13.1 Å². The predicted molar refractivity (Wildman–Crippen MR) is 167 cm³/mol. The van der Waals surface area contributed by atoms with Crippen LogP contribution in [0.3, 0.4) is 0 Å². The third kappa shape index (κ3) is 8.71. The molecule has 0 amide bonds. The molecule has 1 fully saturated rings. The van der Waals surface area contributed by atoms with Gasteiger partial charge in [0.2, 0.25) is 0 Å². The second-order valence-corrected chi connectivity index (χ2v) is 10.7. The zero-order valence-corrected chi connectivity index (χ0v) is 24.2. The van der Waals surface area contributed by atoms with Crippen molar-refractivity contribution in [2.75, 3.05) is 19.7 Å². The van der Waals surface area contributed by atoms with Crippen LogP contribution in [0.4, 0.5) is 0 Å². The van der Waals surface area contributed by atoms with Gasteiger partial charge in [-0.1, -0.05) is 127 Å². The van der Waals surface area contributed by atoms with Gasteiger partial charge in [0.25, 0.3) is 0 Å². The van der Waals surface area contributed by atoms with Crippen LogP contribution in [0.2, 0.25) is 0 Å². The first kappa shape index (κ1) is 29.9. The number of benzene rings is 4. The van der Waals surface area contributed by atoms with E-state index in [1.54, 1.807) is 0 Å². The van der Waals surface area contributed by atoms with Gasteiger partial charge in [-0.25, -0.2) is 0 Å². The van der Waals surface area contributed by atoms with Crippen molar-refractivity contribution in [3.05, 3.63) is 156 Å². The molecule has 5 nitrogen and oxygen atoms in total. The normalized spacial score (nSPS) is 20.8. The van der Waals surface area contributed by atoms with Crippen LogP contribution in [-0.4, -0.2) is 49.0 Å². The van der Waals surface area contributed by atoms with E-state index in [1.807, 2.05) is 78.9 Å². The highest BCUT2D eigenvalue weighted by Gasteiger charge is 2.45. The van der Waals surface area contributed by atoms with Crippen LogP contribution in [0.25, 0.3) is 0 Å². The van der Waals surface area contributed by atoms with E-state index in [-0.39, 0.29) is 24.4 Å². The Balaban J connectivity index is 1.40. The maximum absolute atomic E-state index is 6.78. The molecular formula is C37H41NO4. The lowest BCUT2D eigenvalue weighted by atomic mass is 9.93. The summed E-state index contributed by atoms with van der Waals surface area (Å²) >= 11 is 0. The summed E-state index contributed by atoms with van der Waals surface area (Å²) in [6, 6.07) is 41.1. The van der Waals surface area contributed by atoms with Gasteiger partial charge in [0.15, 0.2) is 0 Å². The van der Waals surface area contributed by atoms with Crippen LogP contribution < -0.4 is 0 Å². The number of rotatable bonds is 15. The third-order valence-corrected chi connectivity index (χ3v) is 7.59. The molecule has 5 heteroatoms.